The minimum absolute atomic E-state index is 0.566. The monoisotopic (exact) mass is 296 g/mol. The van der Waals surface area contributed by atoms with Gasteiger partial charge in [0.25, 0.3) is 0 Å². The van der Waals surface area contributed by atoms with E-state index in [1.54, 1.807) is 0 Å². The van der Waals surface area contributed by atoms with Crippen molar-refractivity contribution >= 4 is 22.6 Å². The molecule has 0 aromatic carbocycles. The van der Waals surface area contributed by atoms with Crippen LogP contribution < -0.4 is 0 Å². The van der Waals surface area contributed by atoms with Crippen LogP contribution in [0.15, 0.2) is 0 Å². The number of halogens is 1. The second-order valence-electron chi connectivity index (χ2n) is 3.96. The van der Waals surface area contributed by atoms with E-state index in [-0.39, 0.29) is 0 Å². The molecule has 1 aliphatic heterocycles. The van der Waals surface area contributed by atoms with Crippen molar-refractivity contribution in [1.29, 1.82) is 0 Å². The van der Waals surface area contributed by atoms with Crippen LogP contribution in [-0.2, 0) is 4.74 Å². The fraction of sp³-hybridized carbons (Fsp3) is 1.00. The van der Waals surface area contributed by atoms with Crippen molar-refractivity contribution in [2.75, 3.05) is 4.43 Å². The number of unbranched alkanes of at least 4 members (excludes halogenated alkanes) is 3. The summed E-state index contributed by atoms with van der Waals surface area (Å²) in [5.41, 5.74) is 0. The summed E-state index contributed by atoms with van der Waals surface area (Å²) in [6, 6.07) is 0. The lowest BCUT2D eigenvalue weighted by Crippen LogP contribution is -2.11. The Labute approximate surface area is 95.8 Å². The first kappa shape index (κ1) is 11.8. The van der Waals surface area contributed by atoms with E-state index in [1.165, 1.54) is 49.4 Å². The van der Waals surface area contributed by atoms with Gasteiger partial charge in [0, 0.05) is 4.43 Å². The molecule has 0 unspecified atom stereocenters. The molecule has 0 amide bonds. The van der Waals surface area contributed by atoms with Gasteiger partial charge >= 0.3 is 0 Å². The third kappa shape index (κ3) is 4.63. The number of rotatable bonds is 6. The largest absolute Gasteiger partial charge is 0.374 e. The molecule has 2 atom stereocenters. The number of ether oxygens (including phenoxy) is 1. The molecule has 0 N–H and O–H groups in total. The van der Waals surface area contributed by atoms with Crippen molar-refractivity contribution in [3.63, 3.8) is 0 Å². The number of hydrogen-bond acceptors (Lipinski definition) is 1. The van der Waals surface area contributed by atoms with Gasteiger partial charge in [-0.1, -0.05) is 55.2 Å². The summed E-state index contributed by atoms with van der Waals surface area (Å²) in [4.78, 5) is 0. The van der Waals surface area contributed by atoms with Crippen LogP contribution in [0.3, 0.4) is 0 Å². The summed E-state index contributed by atoms with van der Waals surface area (Å²) in [6.07, 6.45) is 10.5. The number of alkyl halides is 1. The molecule has 0 aromatic heterocycles. The van der Waals surface area contributed by atoms with Crippen molar-refractivity contribution in [1.82, 2.24) is 0 Å². The molecule has 2 heteroatoms. The molecule has 1 fully saturated rings. The van der Waals surface area contributed by atoms with Crippen LogP contribution in [0.2, 0.25) is 0 Å². The zero-order valence-electron chi connectivity index (χ0n) is 8.60. The smallest absolute Gasteiger partial charge is 0.0669 e. The van der Waals surface area contributed by atoms with Crippen molar-refractivity contribution in [2.45, 2.75) is 64.1 Å². The average molecular weight is 296 g/mol. The Kier molecular flexibility index (Phi) is 6.37. The minimum atomic E-state index is 0.566. The van der Waals surface area contributed by atoms with Gasteiger partial charge in [-0.3, -0.25) is 0 Å². The van der Waals surface area contributed by atoms with Crippen molar-refractivity contribution in [3.8, 4) is 0 Å². The van der Waals surface area contributed by atoms with Gasteiger partial charge in [0.15, 0.2) is 0 Å². The van der Waals surface area contributed by atoms with Gasteiger partial charge in [-0.05, 0) is 19.3 Å². The van der Waals surface area contributed by atoms with E-state index in [2.05, 4.69) is 29.5 Å². The summed E-state index contributed by atoms with van der Waals surface area (Å²) in [6.45, 7) is 2.26. The van der Waals surface area contributed by atoms with Gasteiger partial charge < -0.3 is 4.74 Å². The third-order valence-electron chi connectivity index (χ3n) is 2.75. The van der Waals surface area contributed by atoms with Crippen LogP contribution in [0.4, 0.5) is 0 Å². The van der Waals surface area contributed by atoms with Gasteiger partial charge in [-0.2, -0.15) is 0 Å². The second kappa shape index (κ2) is 7.04. The molecule has 1 heterocycles. The van der Waals surface area contributed by atoms with E-state index in [0.717, 1.165) is 0 Å². The maximum atomic E-state index is 5.88. The maximum absolute atomic E-state index is 5.88. The first-order chi connectivity index (χ1) is 6.36. The number of hydrogen-bond donors (Lipinski definition) is 0. The molecule has 78 valence electrons. The Balaban J connectivity index is 1.97. The molecule has 0 bridgehead atoms. The van der Waals surface area contributed by atoms with Crippen molar-refractivity contribution < 1.29 is 4.74 Å². The van der Waals surface area contributed by atoms with Crippen molar-refractivity contribution in [2.24, 2.45) is 0 Å². The summed E-state index contributed by atoms with van der Waals surface area (Å²) >= 11 is 2.43. The van der Waals surface area contributed by atoms with Gasteiger partial charge in [-0.15, -0.1) is 0 Å². The predicted molar refractivity (Wildman–Crippen MR) is 65.5 cm³/mol. The Morgan fingerprint density at radius 1 is 1.15 bits per heavy atom. The van der Waals surface area contributed by atoms with Crippen LogP contribution in [-0.4, -0.2) is 16.6 Å². The molecule has 1 aliphatic rings. The van der Waals surface area contributed by atoms with E-state index >= 15 is 0 Å². The van der Waals surface area contributed by atoms with Crippen molar-refractivity contribution in [3.05, 3.63) is 0 Å². The zero-order valence-corrected chi connectivity index (χ0v) is 10.8. The quantitative estimate of drug-likeness (QED) is 0.410. The Morgan fingerprint density at radius 2 is 1.92 bits per heavy atom. The lowest BCUT2D eigenvalue weighted by Gasteiger charge is -2.11. The first-order valence-electron chi connectivity index (χ1n) is 5.58. The SMILES string of the molecule is CCCCCC[C@H]1CC[C@@H](CI)O1. The molecular formula is C11H21IO. The van der Waals surface area contributed by atoms with E-state index in [1.807, 2.05) is 0 Å². The topological polar surface area (TPSA) is 9.23 Å². The van der Waals surface area contributed by atoms with E-state index < -0.39 is 0 Å². The molecular weight excluding hydrogens is 275 g/mol. The fourth-order valence-electron chi connectivity index (χ4n) is 1.90. The summed E-state index contributed by atoms with van der Waals surface area (Å²) in [5, 5.41) is 0. The van der Waals surface area contributed by atoms with Gasteiger partial charge in [0.2, 0.25) is 0 Å². The van der Waals surface area contributed by atoms with E-state index in [4.69, 9.17) is 4.74 Å². The molecule has 0 radical (unpaired) electrons. The normalized spacial score (nSPS) is 28.2. The molecule has 0 aliphatic carbocycles. The van der Waals surface area contributed by atoms with Crippen LogP contribution in [0.5, 0.6) is 0 Å². The maximum Gasteiger partial charge on any atom is 0.0669 e. The highest BCUT2D eigenvalue weighted by molar-refractivity contribution is 14.1. The van der Waals surface area contributed by atoms with Crippen LogP contribution in [0.1, 0.15) is 51.9 Å². The van der Waals surface area contributed by atoms with Gasteiger partial charge in [-0.25, -0.2) is 0 Å². The second-order valence-corrected chi connectivity index (χ2v) is 4.84. The highest BCUT2D eigenvalue weighted by atomic mass is 127. The van der Waals surface area contributed by atoms with Gasteiger partial charge in [0.1, 0.15) is 0 Å². The minimum Gasteiger partial charge on any atom is -0.374 e. The lowest BCUT2D eigenvalue weighted by atomic mass is 10.1. The zero-order chi connectivity index (χ0) is 9.52. The first-order valence-corrected chi connectivity index (χ1v) is 7.10. The molecule has 1 nitrogen and oxygen atoms in total. The molecule has 13 heavy (non-hydrogen) atoms. The third-order valence-corrected chi connectivity index (χ3v) is 3.73. The summed E-state index contributed by atoms with van der Waals surface area (Å²) in [7, 11) is 0. The standard InChI is InChI=1S/C11H21IO/c1-2-3-4-5-6-10-7-8-11(9-12)13-10/h10-11H,2-9H2,1H3/t10-,11-/m0/s1. The Hall–Kier alpha value is 0.690. The highest BCUT2D eigenvalue weighted by Crippen LogP contribution is 2.24. The molecule has 1 rings (SSSR count). The summed E-state index contributed by atoms with van der Waals surface area (Å²) < 4.78 is 7.05. The Bertz CT molecular complexity index is 127. The Morgan fingerprint density at radius 3 is 2.54 bits per heavy atom. The summed E-state index contributed by atoms with van der Waals surface area (Å²) in [5.74, 6) is 0. The average Bonchev–Trinajstić information content (AvgIpc) is 2.60. The highest BCUT2D eigenvalue weighted by Gasteiger charge is 2.23. The molecule has 0 aromatic rings. The molecule has 0 spiro atoms. The molecule has 1 saturated heterocycles. The van der Waals surface area contributed by atoms with E-state index in [9.17, 15) is 0 Å². The van der Waals surface area contributed by atoms with E-state index in [0.29, 0.717) is 12.2 Å². The lowest BCUT2D eigenvalue weighted by molar-refractivity contribution is 0.0534. The predicted octanol–water partition coefficient (Wildman–Crippen LogP) is 3.94. The van der Waals surface area contributed by atoms with Crippen LogP contribution in [0, 0.1) is 0 Å². The fourth-order valence-corrected chi connectivity index (χ4v) is 2.55. The van der Waals surface area contributed by atoms with Crippen LogP contribution in [0.25, 0.3) is 0 Å². The van der Waals surface area contributed by atoms with Gasteiger partial charge in [0.05, 0.1) is 12.2 Å². The van der Waals surface area contributed by atoms with Crippen LogP contribution >= 0.6 is 22.6 Å². The molecule has 0 saturated carbocycles.